The molecular formula is C18H29N5O. The van der Waals surface area contributed by atoms with Gasteiger partial charge in [0.15, 0.2) is 5.96 Å². The van der Waals surface area contributed by atoms with Crippen molar-refractivity contribution in [3.63, 3.8) is 0 Å². The fourth-order valence-corrected chi connectivity index (χ4v) is 3.34. The van der Waals surface area contributed by atoms with E-state index in [1.165, 1.54) is 19.3 Å². The predicted molar refractivity (Wildman–Crippen MR) is 96.4 cm³/mol. The molecule has 0 radical (unpaired) electrons. The highest BCUT2D eigenvalue weighted by Gasteiger charge is 2.38. The second-order valence-electron chi connectivity index (χ2n) is 6.65. The zero-order valence-electron chi connectivity index (χ0n) is 14.7. The molecule has 2 unspecified atom stereocenters. The molecule has 0 spiro atoms. The van der Waals surface area contributed by atoms with Gasteiger partial charge in [-0.1, -0.05) is 0 Å². The Balaban J connectivity index is 1.45. The third-order valence-corrected chi connectivity index (χ3v) is 4.59. The van der Waals surface area contributed by atoms with Gasteiger partial charge in [-0.15, -0.1) is 0 Å². The number of rotatable bonds is 7. The van der Waals surface area contributed by atoms with Crippen molar-refractivity contribution < 1.29 is 4.74 Å². The minimum atomic E-state index is 0.484. The van der Waals surface area contributed by atoms with E-state index in [-0.39, 0.29) is 0 Å². The number of nitrogens with zero attached hydrogens (tertiary/aromatic N) is 3. The third kappa shape index (κ3) is 4.84. The van der Waals surface area contributed by atoms with Gasteiger partial charge in [0.05, 0.1) is 12.7 Å². The number of nitrogens with one attached hydrogen (secondary N) is 2. The Kier molecular flexibility index (Phi) is 5.91. The SMILES string of the molecule is CCNC(=NCCOc1cccnc1)NC1CC(C)N(C2CC2)C1. The first-order chi connectivity index (χ1) is 11.8. The summed E-state index contributed by atoms with van der Waals surface area (Å²) in [4.78, 5) is 11.3. The van der Waals surface area contributed by atoms with E-state index in [1.54, 1.807) is 12.4 Å². The lowest BCUT2D eigenvalue weighted by Gasteiger charge is -2.20. The molecule has 24 heavy (non-hydrogen) atoms. The minimum Gasteiger partial charge on any atom is -0.490 e. The summed E-state index contributed by atoms with van der Waals surface area (Å²) in [5, 5.41) is 6.92. The van der Waals surface area contributed by atoms with Crippen LogP contribution in [0, 0.1) is 0 Å². The number of pyridine rings is 1. The van der Waals surface area contributed by atoms with Crippen molar-refractivity contribution in [1.29, 1.82) is 0 Å². The van der Waals surface area contributed by atoms with Gasteiger partial charge in [-0.05, 0) is 45.2 Å². The van der Waals surface area contributed by atoms with E-state index >= 15 is 0 Å². The number of aromatic nitrogens is 1. The Morgan fingerprint density at radius 1 is 1.46 bits per heavy atom. The fourth-order valence-electron chi connectivity index (χ4n) is 3.34. The molecule has 1 aliphatic heterocycles. The van der Waals surface area contributed by atoms with Crippen LogP contribution in [0.25, 0.3) is 0 Å². The number of guanidine groups is 1. The fraction of sp³-hybridized carbons (Fsp3) is 0.667. The molecule has 2 N–H and O–H groups in total. The summed E-state index contributed by atoms with van der Waals surface area (Å²) in [6.45, 7) is 7.60. The van der Waals surface area contributed by atoms with Gasteiger partial charge in [-0.25, -0.2) is 4.99 Å². The van der Waals surface area contributed by atoms with Crippen LogP contribution in [-0.4, -0.2) is 60.2 Å². The average Bonchev–Trinajstić information content (AvgIpc) is 3.36. The lowest BCUT2D eigenvalue weighted by molar-refractivity contribution is 0.256. The van der Waals surface area contributed by atoms with Crippen LogP contribution in [0.15, 0.2) is 29.5 Å². The molecule has 0 amide bonds. The second kappa shape index (κ2) is 8.33. The molecule has 1 saturated heterocycles. The lowest BCUT2D eigenvalue weighted by atomic mass is 10.2. The summed E-state index contributed by atoms with van der Waals surface area (Å²) in [5.74, 6) is 1.68. The van der Waals surface area contributed by atoms with Crippen LogP contribution in [-0.2, 0) is 0 Å². The summed E-state index contributed by atoms with van der Waals surface area (Å²) < 4.78 is 5.64. The predicted octanol–water partition coefficient (Wildman–Crippen LogP) is 1.64. The number of hydrogen-bond acceptors (Lipinski definition) is 4. The van der Waals surface area contributed by atoms with Gasteiger partial charge in [-0.2, -0.15) is 0 Å². The van der Waals surface area contributed by atoms with Gasteiger partial charge >= 0.3 is 0 Å². The van der Waals surface area contributed by atoms with E-state index in [9.17, 15) is 0 Å². The highest BCUT2D eigenvalue weighted by molar-refractivity contribution is 5.80. The number of hydrogen-bond donors (Lipinski definition) is 2. The normalized spacial score (nSPS) is 24.8. The number of ether oxygens (including phenoxy) is 1. The summed E-state index contributed by atoms with van der Waals surface area (Å²) >= 11 is 0. The Bertz CT molecular complexity index is 531. The molecule has 1 saturated carbocycles. The summed E-state index contributed by atoms with van der Waals surface area (Å²) in [6.07, 6.45) is 7.40. The maximum absolute atomic E-state index is 5.64. The zero-order chi connectivity index (χ0) is 16.8. The van der Waals surface area contributed by atoms with Crippen molar-refractivity contribution in [2.45, 2.75) is 51.2 Å². The molecule has 0 aromatic carbocycles. The molecule has 2 heterocycles. The maximum Gasteiger partial charge on any atom is 0.191 e. The first-order valence-corrected chi connectivity index (χ1v) is 9.09. The van der Waals surface area contributed by atoms with E-state index in [1.807, 2.05) is 12.1 Å². The largest absolute Gasteiger partial charge is 0.490 e. The highest BCUT2D eigenvalue weighted by Crippen LogP contribution is 2.33. The molecule has 1 aromatic rings. The Morgan fingerprint density at radius 3 is 3.04 bits per heavy atom. The quantitative estimate of drug-likeness (QED) is 0.452. The van der Waals surface area contributed by atoms with Crippen LogP contribution < -0.4 is 15.4 Å². The molecular weight excluding hydrogens is 302 g/mol. The van der Waals surface area contributed by atoms with Crippen molar-refractivity contribution >= 4 is 5.96 Å². The van der Waals surface area contributed by atoms with E-state index in [0.29, 0.717) is 25.2 Å². The molecule has 1 aliphatic carbocycles. The maximum atomic E-state index is 5.64. The third-order valence-electron chi connectivity index (χ3n) is 4.59. The van der Waals surface area contributed by atoms with Crippen LogP contribution in [0.1, 0.15) is 33.1 Å². The van der Waals surface area contributed by atoms with E-state index in [0.717, 1.165) is 30.8 Å². The molecule has 0 bridgehead atoms. The number of aliphatic imine (C=N–C) groups is 1. The van der Waals surface area contributed by atoms with Gasteiger partial charge < -0.3 is 15.4 Å². The van der Waals surface area contributed by atoms with Crippen molar-refractivity contribution in [1.82, 2.24) is 20.5 Å². The van der Waals surface area contributed by atoms with Gasteiger partial charge in [-0.3, -0.25) is 9.88 Å². The molecule has 132 valence electrons. The van der Waals surface area contributed by atoms with Crippen LogP contribution in [0.4, 0.5) is 0 Å². The van der Waals surface area contributed by atoms with E-state index < -0.39 is 0 Å². The first-order valence-electron chi connectivity index (χ1n) is 9.09. The van der Waals surface area contributed by atoms with Gasteiger partial charge in [0.2, 0.25) is 0 Å². The van der Waals surface area contributed by atoms with Gasteiger partial charge in [0, 0.05) is 37.4 Å². The summed E-state index contributed by atoms with van der Waals surface area (Å²) in [7, 11) is 0. The van der Waals surface area contributed by atoms with Gasteiger partial charge in [0.25, 0.3) is 0 Å². The molecule has 3 rings (SSSR count). The van der Waals surface area contributed by atoms with Crippen LogP contribution in [0.5, 0.6) is 5.75 Å². The Labute approximate surface area is 144 Å². The molecule has 2 fully saturated rings. The Hall–Kier alpha value is -1.82. The molecule has 6 heteroatoms. The van der Waals surface area contributed by atoms with Crippen LogP contribution in [0.3, 0.4) is 0 Å². The summed E-state index contributed by atoms with van der Waals surface area (Å²) in [5.41, 5.74) is 0. The van der Waals surface area contributed by atoms with Crippen molar-refractivity contribution in [3.8, 4) is 5.75 Å². The van der Waals surface area contributed by atoms with Crippen molar-refractivity contribution in [2.24, 2.45) is 4.99 Å². The minimum absolute atomic E-state index is 0.484. The summed E-state index contributed by atoms with van der Waals surface area (Å²) in [6, 6.07) is 5.77. The van der Waals surface area contributed by atoms with Crippen LogP contribution >= 0.6 is 0 Å². The molecule has 6 nitrogen and oxygen atoms in total. The monoisotopic (exact) mass is 331 g/mol. The number of likely N-dealkylation sites (tertiary alicyclic amines) is 1. The topological polar surface area (TPSA) is 61.8 Å². The smallest absolute Gasteiger partial charge is 0.191 e. The zero-order valence-corrected chi connectivity index (χ0v) is 14.7. The first kappa shape index (κ1) is 17.0. The van der Waals surface area contributed by atoms with Gasteiger partial charge in [0.1, 0.15) is 12.4 Å². The van der Waals surface area contributed by atoms with Crippen molar-refractivity contribution in [2.75, 3.05) is 26.2 Å². The average molecular weight is 331 g/mol. The van der Waals surface area contributed by atoms with E-state index in [2.05, 4.69) is 39.4 Å². The standard InChI is InChI=1S/C18H29N5O/c1-3-20-18(21-9-10-24-17-5-4-8-19-12-17)22-15-11-14(2)23(13-15)16-6-7-16/h4-5,8,12,14-16H,3,6-7,9-11,13H2,1-2H3,(H2,20,21,22). The second-order valence-corrected chi connectivity index (χ2v) is 6.65. The lowest BCUT2D eigenvalue weighted by Crippen LogP contribution is -2.45. The highest BCUT2D eigenvalue weighted by atomic mass is 16.5. The van der Waals surface area contributed by atoms with Crippen molar-refractivity contribution in [3.05, 3.63) is 24.5 Å². The molecule has 2 atom stereocenters. The van der Waals surface area contributed by atoms with E-state index in [4.69, 9.17) is 4.74 Å². The Morgan fingerprint density at radius 2 is 2.33 bits per heavy atom. The van der Waals surface area contributed by atoms with Crippen LogP contribution in [0.2, 0.25) is 0 Å². The molecule has 2 aliphatic rings. The molecule has 1 aromatic heterocycles.